The Balaban J connectivity index is 2.31. The number of para-hydroxylation sites is 1. The average molecular weight is 262 g/mol. The lowest BCUT2D eigenvalue weighted by Gasteiger charge is -2.10. The Kier molecular flexibility index (Phi) is 3.22. The first-order valence-electron chi connectivity index (χ1n) is 6.41. The largest absolute Gasteiger partial charge is 0.250 e. The van der Waals surface area contributed by atoms with E-state index in [-0.39, 0.29) is 12.1 Å². The summed E-state index contributed by atoms with van der Waals surface area (Å²) in [6.45, 7) is 1.98. The van der Waals surface area contributed by atoms with Crippen molar-refractivity contribution in [1.29, 1.82) is 0 Å². The molecule has 1 aromatic heterocycles. The number of nitrogens with zero attached hydrogens (tertiary/aromatic N) is 2. The molecule has 0 spiro atoms. The first-order valence-corrected chi connectivity index (χ1v) is 6.41. The third kappa shape index (κ3) is 2.18. The summed E-state index contributed by atoms with van der Waals surface area (Å²) in [7, 11) is 5.76. The molecular formula is C16H12BFN2. The standard InChI is InChI=1S/C16H12BFN2/c1-10-4-2-7-13-15(10)20-16(14(9-17)19-13)11-5-3-6-12(18)8-11/h2-8H,9H2,1H3. The second-order valence-corrected chi connectivity index (χ2v) is 4.68. The van der Waals surface area contributed by atoms with Gasteiger partial charge < -0.3 is 0 Å². The molecule has 2 aromatic carbocycles. The number of aromatic nitrogens is 2. The van der Waals surface area contributed by atoms with Crippen molar-refractivity contribution >= 4 is 18.9 Å². The normalized spacial score (nSPS) is 10.9. The van der Waals surface area contributed by atoms with Crippen LogP contribution in [0.2, 0.25) is 0 Å². The minimum Gasteiger partial charge on any atom is -0.250 e. The first-order chi connectivity index (χ1) is 9.69. The number of fused-ring (bicyclic) bond motifs is 1. The predicted molar refractivity (Wildman–Crippen MR) is 79.1 cm³/mol. The SMILES string of the molecule is [B]Cc1nc2cccc(C)c2nc1-c1cccc(F)c1. The van der Waals surface area contributed by atoms with Gasteiger partial charge in [-0.25, -0.2) is 14.4 Å². The molecule has 96 valence electrons. The summed E-state index contributed by atoms with van der Waals surface area (Å²) in [5.41, 5.74) is 4.69. The molecule has 0 aliphatic rings. The van der Waals surface area contributed by atoms with E-state index >= 15 is 0 Å². The molecule has 0 bridgehead atoms. The number of benzene rings is 2. The van der Waals surface area contributed by atoms with E-state index in [2.05, 4.69) is 9.97 Å². The van der Waals surface area contributed by atoms with Gasteiger partial charge in [0.15, 0.2) is 0 Å². The molecule has 0 saturated heterocycles. The molecule has 0 atom stereocenters. The summed E-state index contributed by atoms with van der Waals surface area (Å²) in [6, 6.07) is 12.2. The van der Waals surface area contributed by atoms with Crippen LogP contribution in [0, 0.1) is 12.7 Å². The van der Waals surface area contributed by atoms with E-state index in [1.165, 1.54) is 12.1 Å². The van der Waals surface area contributed by atoms with Crippen LogP contribution in [0.1, 0.15) is 11.3 Å². The minimum absolute atomic E-state index is 0.267. The van der Waals surface area contributed by atoms with Gasteiger partial charge in [-0.2, -0.15) is 0 Å². The lowest BCUT2D eigenvalue weighted by Crippen LogP contribution is -2.00. The van der Waals surface area contributed by atoms with Crippen molar-refractivity contribution in [2.24, 2.45) is 0 Å². The maximum Gasteiger partial charge on any atom is 0.123 e. The fourth-order valence-corrected chi connectivity index (χ4v) is 2.26. The van der Waals surface area contributed by atoms with E-state index in [1.807, 2.05) is 31.2 Å². The highest BCUT2D eigenvalue weighted by atomic mass is 19.1. The van der Waals surface area contributed by atoms with E-state index in [4.69, 9.17) is 7.85 Å². The lowest BCUT2D eigenvalue weighted by atomic mass is 9.97. The van der Waals surface area contributed by atoms with Crippen molar-refractivity contribution in [2.75, 3.05) is 0 Å². The average Bonchev–Trinajstić information content (AvgIpc) is 2.46. The number of hydrogen-bond donors (Lipinski definition) is 0. The monoisotopic (exact) mass is 262 g/mol. The lowest BCUT2D eigenvalue weighted by molar-refractivity contribution is 0.628. The third-order valence-electron chi connectivity index (χ3n) is 3.26. The van der Waals surface area contributed by atoms with Crippen LogP contribution in [0.4, 0.5) is 4.39 Å². The molecule has 3 aromatic rings. The number of hydrogen-bond acceptors (Lipinski definition) is 2. The van der Waals surface area contributed by atoms with Gasteiger partial charge in [0, 0.05) is 5.56 Å². The zero-order valence-corrected chi connectivity index (χ0v) is 11.1. The third-order valence-corrected chi connectivity index (χ3v) is 3.26. The Morgan fingerprint density at radius 1 is 1.10 bits per heavy atom. The van der Waals surface area contributed by atoms with Gasteiger partial charge in [0.1, 0.15) is 5.82 Å². The van der Waals surface area contributed by atoms with Crippen LogP contribution in [-0.4, -0.2) is 17.8 Å². The zero-order valence-electron chi connectivity index (χ0n) is 11.1. The molecular weight excluding hydrogens is 250 g/mol. The Bertz CT molecular complexity index is 787. The molecule has 0 fully saturated rings. The maximum atomic E-state index is 13.4. The summed E-state index contributed by atoms with van der Waals surface area (Å²) in [6.07, 6.45) is 0.267. The fraction of sp³-hybridized carbons (Fsp3) is 0.125. The van der Waals surface area contributed by atoms with Crippen LogP contribution in [-0.2, 0) is 6.32 Å². The zero-order chi connectivity index (χ0) is 14.1. The highest BCUT2D eigenvalue weighted by Crippen LogP contribution is 2.25. The molecule has 0 aliphatic carbocycles. The summed E-state index contributed by atoms with van der Waals surface area (Å²) in [5, 5.41) is 0. The highest BCUT2D eigenvalue weighted by molar-refractivity contribution is 6.08. The summed E-state index contributed by atoms with van der Waals surface area (Å²) < 4.78 is 13.4. The molecule has 1 heterocycles. The molecule has 2 nitrogen and oxygen atoms in total. The van der Waals surface area contributed by atoms with Gasteiger partial charge in [-0.3, -0.25) is 0 Å². The number of halogens is 1. The molecule has 4 heteroatoms. The molecule has 3 rings (SSSR count). The van der Waals surface area contributed by atoms with E-state index in [0.717, 1.165) is 16.6 Å². The van der Waals surface area contributed by atoms with Crippen molar-refractivity contribution in [3.63, 3.8) is 0 Å². The van der Waals surface area contributed by atoms with Gasteiger partial charge in [0.25, 0.3) is 0 Å². The van der Waals surface area contributed by atoms with E-state index < -0.39 is 0 Å². The Labute approximate surface area is 118 Å². The topological polar surface area (TPSA) is 25.8 Å². The van der Waals surface area contributed by atoms with Crippen LogP contribution in [0.3, 0.4) is 0 Å². The quantitative estimate of drug-likeness (QED) is 0.661. The van der Waals surface area contributed by atoms with Crippen molar-refractivity contribution in [1.82, 2.24) is 9.97 Å². The Morgan fingerprint density at radius 2 is 1.90 bits per heavy atom. The Morgan fingerprint density at radius 3 is 2.65 bits per heavy atom. The van der Waals surface area contributed by atoms with Gasteiger partial charge >= 0.3 is 0 Å². The van der Waals surface area contributed by atoms with E-state index in [0.29, 0.717) is 17.0 Å². The van der Waals surface area contributed by atoms with E-state index in [1.54, 1.807) is 6.07 Å². The van der Waals surface area contributed by atoms with Crippen molar-refractivity contribution in [2.45, 2.75) is 13.2 Å². The number of aryl methyl sites for hydroxylation is 1. The van der Waals surface area contributed by atoms with Gasteiger partial charge in [-0.05, 0) is 37.0 Å². The number of rotatable bonds is 2. The molecule has 0 saturated carbocycles. The van der Waals surface area contributed by atoms with Gasteiger partial charge in [-0.15, -0.1) is 0 Å². The van der Waals surface area contributed by atoms with Gasteiger partial charge in [0.05, 0.1) is 30.3 Å². The molecule has 20 heavy (non-hydrogen) atoms. The van der Waals surface area contributed by atoms with Crippen LogP contribution in [0.15, 0.2) is 42.5 Å². The Hall–Kier alpha value is -2.23. The van der Waals surface area contributed by atoms with Crippen LogP contribution in [0.25, 0.3) is 22.3 Å². The summed E-state index contributed by atoms with van der Waals surface area (Å²) in [5.74, 6) is -0.294. The second kappa shape index (κ2) is 5.04. The molecule has 0 N–H and O–H groups in total. The van der Waals surface area contributed by atoms with Crippen molar-refractivity contribution in [3.8, 4) is 11.3 Å². The summed E-state index contributed by atoms with van der Waals surface area (Å²) >= 11 is 0. The van der Waals surface area contributed by atoms with Crippen molar-refractivity contribution in [3.05, 3.63) is 59.5 Å². The molecule has 0 amide bonds. The molecule has 2 radical (unpaired) electrons. The predicted octanol–water partition coefficient (Wildman–Crippen LogP) is 3.41. The van der Waals surface area contributed by atoms with Crippen LogP contribution in [0.5, 0.6) is 0 Å². The van der Waals surface area contributed by atoms with Crippen LogP contribution < -0.4 is 0 Å². The van der Waals surface area contributed by atoms with E-state index in [9.17, 15) is 4.39 Å². The first kappa shape index (κ1) is 12.8. The highest BCUT2D eigenvalue weighted by Gasteiger charge is 2.11. The second-order valence-electron chi connectivity index (χ2n) is 4.68. The fourth-order valence-electron chi connectivity index (χ4n) is 2.26. The summed E-state index contributed by atoms with van der Waals surface area (Å²) in [4.78, 5) is 9.20. The molecule has 0 unspecified atom stereocenters. The van der Waals surface area contributed by atoms with Gasteiger partial charge in [-0.1, -0.05) is 24.3 Å². The van der Waals surface area contributed by atoms with Crippen LogP contribution >= 0.6 is 0 Å². The smallest absolute Gasteiger partial charge is 0.123 e. The van der Waals surface area contributed by atoms with Gasteiger partial charge in [0.2, 0.25) is 0 Å². The molecule has 0 aliphatic heterocycles. The minimum atomic E-state index is -0.294. The van der Waals surface area contributed by atoms with Crippen molar-refractivity contribution < 1.29 is 4.39 Å². The maximum absolute atomic E-state index is 13.4.